The Balaban J connectivity index is 2.59. The summed E-state index contributed by atoms with van der Waals surface area (Å²) in [7, 11) is 0.887. The number of anilines is 1. The number of hydrogen-bond donors (Lipinski definition) is 0. The zero-order chi connectivity index (χ0) is 17.9. The summed E-state index contributed by atoms with van der Waals surface area (Å²) in [6.45, 7) is 2.92. The average molecular weight is 356 g/mol. The highest BCUT2D eigenvalue weighted by Gasteiger charge is 2.28. The molecule has 7 nitrogen and oxygen atoms in total. The highest BCUT2D eigenvalue weighted by molar-refractivity contribution is 7.92. The fourth-order valence-corrected chi connectivity index (χ4v) is 3.57. The van der Waals surface area contributed by atoms with E-state index in [-0.39, 0.29) is 11.7 Å². The summed E-state index contributed by atoms with van der Waals surface area (Å²) in [5.74, 6) is 0.520. The van der Waals surface area contributed by atoms with Crippen LogP contribution in [-0.4, -0.2) is 59.3 Å². The lowest BCUT2D eigenvalue weighted by Gasteiger charge is -2.25. The van der Waals surface area contributed by atoms with Crippen LogP contribution in [0.1, 0.15) is 30.1 Å². The van der Waals surface area contributed by atoms with Gasteiger partial charge >= 0.3 is 0 Å². The molecule has 0 unspecified atom stereocenters. The normalized spacial score (nSPS) is 14.6. The van der Waals surface area contributed by atoms with Crippen LogP contribution in [0.15, 0.2) is 12.1 Å². The van der Waals surface area contributed by atoms with E-state index in [1.807, 2.05) is 0 Å². The van der Waals surface area contributed by atoms with Gasteiger partial charge < -0.3 is 14.4 Å². The Bertz CT molecular complexity index is 711. The second kappa shape index (κ2) is 7.29. The van der Waals surface area contributed by atoms with Crippen LogP contribution in [-0.2, 0) is 10.0 Å². The summed E-state index contributed by atoms with van der Waals surface area (Å²) in [4.78, 5) is 14.6. The molecule has 2 rings (SSSR count). The van der Waals surface area contributed by atoms with Crippen molar-refractivity contribution in [3.63, 3.8) is 0 Å². The van der Waals surface area contributed by atoms with Crippen molar-refractivity contribution in [1.82, 2.24) is 4.90 Å². The van der Waals surface area contributed by atoms with E-state index < -0.39 is 10.0 Å². The third kappa shape index (κ3) is 3.43. The van der Waals surface area contributed by atoms with Crippen molar-refractivity contribution >= 4 is 21.6 Å². The first-order valence-electron chi connectivity index (χ1n) is 7.87. The molecule has 1 aromatic carbocycles. The number of hydrogen-bond acceptors (Lipinski definition) is 5. The molecule has 1 amide bonds. The van der Waals surface area contributed by atoms with Gasteiger partial charge in [-0.15, -0.1) is 0 Å². The van der Waals surface area contributed by atoms with Crippen LogP contribution < -0.4 is 13.8 Å². The van der Waals surface area contributed by atoms with Crippen molar-refractivity contribution in [1.29, 1.82) is 0 Å². The highest BCUT2D eigenvalue weighted by Crippen LogP contribution is 2.36. The predicted molar refractivity (Wildman–Crippen MR) is 92.5 cm³/mol. The summed E-state index contributed by atoms with van der Waals surface area (Å²) < 4.78 is 36.2. The molecule has 8 heteroatoms. The van der Waals surface area contributed by atoms with Gasteiger partial charge in [0.05, 0.1) is 31.2 Å². The monoisotopic (exact) mass is 356 g/mol. The number of amides is 1. The lowest BCUT2D eigenvalue weighted by atomic mass is 10.1. The third-order valence-corrected chi connectivity index (χ3v) is 6.01. The van der Waals surface area contributed by atoms with E-state index in [4.69, 9.17) is 9.47 Å². The number of nitrogens with zero attached hydrogens (tertiary/aromatic N) is 2. The molecule has 24 heavy (non-hydrogen) atoms. The molecule has 0 aromatic heterocycles. The van der Waals surface area contributed by atoms with E-state index in [1.165, 1.54) is 27.3 Å². The first-order valence-corrected chi connectivity index (χ1v) is 9.48. The molecule has 0 atom stereocenters. The summed E-state index contributed by atoms with van der Waals surface area (Å²) in [5, 5.41) is 0. The van der Waals surface area contributed by atoms with Gasteiger partial charge in [-0.3, -0.25) is 9.10 Å². The van der Waals surface area contributed by atoms with Gasteiger partial charge in [0.25, 0.3) is 5.91 Å². The standard InChI is InChI=1S/C16H24N2O5S/c1-5-24(20,21)17(2)13-11-15(23-4)14(22-3)10-12(13)16(19)18-8-6-7-9-18/h10-11H,5-9H2,1-4H3. The van der Waals surface area contributed by atoms with Crippen LogP contribution >= 0.6 is 0 Å². The number of rotatable bonds is 6. The van der Waals surface area contributed by atoms with Gasteiger partial charge in [0.2, 0.25) is 10.0 Å². The predicted octanol–water partition coefficient (Wildman–Crippen LogP) is 1.73. The average Bonchev–Trinajstić information content (AvgIpc) is 3.13. The Labute approximate surface area is 143 Å². The number of carbonyl (C=O) groups excluding carboxylic acids is 1. The van der Waals surface area contributed by atoms with Gasteiger partial charge in [-0.2, -0.15) is 0 Å². The summed E-state index contributed by atoms with van der Waals surface area (Å²) in [6.07, 6.45) is 1.91. The minimum Gasteiger partial charge on any atom is -0.493 e. The molecule has 1 aromatic rings. The van der Waals surface area contributed by atoms with Crippen molar-refractivity contribution < 1.29 is 22.7 Å². The van der Waals surface area contributed by atoms with E-state index in [9.17, 15) is 13.2 Å². The van der Waals surface area contributed by atoms with Crippen molar-refractivity contribution in [2.24, 2.45) is 0 Å². The molecule has 134 valence electrons. The molecule has 0 spiro atoms. The van der Waals surface area contributed by atoms with E-state index in [0.717, 1.165) is 17.1 Å². The minimum atomic E-state index is -3.51. The molecule has 1 saturated heterocycles. The van der Waals surface area contributed by atoms with Crippen molar-refractivity contribution in [2.75, 3.05) is 44.4 Å². The molecule has 1 aliphatic rings. The maximum absolute atomic E-state index is 12.9. The fraction of sp³-hybridized carbons (Fsp3) is 0.562. The molecular formula is C16H24N2O5S. The second-order valence-electron chi connectivity index (χ2n) is 5.59. The highest BCUT2D eigenvalue weighted by atomic mass is 32.2. The first-order chi connectivity index (χ1) is 11.4. The number of ether oxygens (including phenoxy) is 2. The van der Waals surface area contributed by atoms with E-state index in [1.54, 1.807) is 17.9 Å². The summed E-state index contributed by atoms with van der Waals surface area (Å²) in [6, 6.07) is 3.09. The number of sulfonamides is 1. The van der Waals surface area contributed by atoms with Crippen LogP contribution in [0.5, 0.6) is 11.5 Å². The molecular weight excluding hydrogens is 332 g/mol. The second-order valence-corrected chi connectivity index (χ2v) is 7.88. The number of methoxy groups -OCH3 is 2. The van der Waals surface area contributed by atoms with Crippen LogP contribution in [0.4, 0.5) is 5.69 Å². The molecule has 0 aliphatic carbocycles. The van der Waals surface area contributed by atoms with Crippen molar-refractivity contribution in [3.8, 4) is 11.5 Å². The van der Waals surface area contributed by atoms with Gasteiger partial charge in [-0.25, -0.2) is 8.42 Å². The molecule has 0 saturated carbocycles. The Morgan fingerprint density at radius 3 is 2.21 bits per heavy atom. The Morgan fingerprint density at radius 2 is 1.71 bits per heavy atom. The van der Waals surface area contributed by atoms with Gasteiger partial charge in [0, 0.05) is 26.2 Å². The van der Waals surface area contributed by atoms with E-state index in [0.29, 0.717) is 35.8 Å². The van der Waals surface area contributed by atoms with E-state index >= 15 is 0 Å². The zero-order valence-corrected chi connectivity index (χ0v) is 15.4. The Hall–Kier alpha value is -1.96. The maximum Gasteiger partial charge on any atom is 0.256 e. The Kier molecular flexibility index (Phi) is 5.58. The van der Waals surface area contributed by atoms with Crippen molar-refractivity contribution in [3.05, 3.63) is 17.7 Å². The maximum atomic E-state index is 12.9. The topological polar surface area (TPSA) is 76.1 Å². The van der Waals surface area contributed by atoms with Crippen LogP contribution in [0.3, 0.4) is 0 Å². The Morgan fingerprint density at radius 1 is 1.17 bits per heavy atom. The largest absolute Gasteiger partial charge is 0.493 e. The van der Waals surface area contributed by atoms with Gasteiger partial charge in [-0.1, -0.05) is 0 Å². The molecule has 1 fully saturated rings. The number of benzene rings is 1. The zero-order valence-electron chi connectivity index (χ0n) is 14.5. The molecule has 1 aliphatic heterocycles. The van der Waals surface area contributed by atoms with Crippen LogP contribution in [0.25, 0.3) is 0 Å². The lowest BCUT2D eigenvalue weighted by Crippen LogP contribution is -2.33. The first kappa shape index (κ1) is 18.4. The SMILES string of the molecule is CCS(=O)(=O)N(C)c1cc(OC)c(OC)cc1C(=O)N1CCCC1. The molecule has 1 heterocycles. The third-order valence-electron chi connectivity index (χ3n) is 4.25. The number of likely N-dealkylation sites (tertiary alicyclic amines) is 1. The fourth-order valence-electron chi connectivity index (χ4n) is 2.73. The summed E-state index contributed by atoms with van der Waals surface area (Å²) in [5.41, 5.74) is 0.598. The lowest BCUT2D eigenvalue weighted by molar-refractivity contribution is 0.0793. The van der Waals surface area contributed by atoms with Gasteiger partial charge in [0.15, 0.2) is 11.5 Å². The van der Waals surface area contributed by atoms with Crippen LogP contribution in [0, 0.1) is 0 Å². The van der Waals surface area contributed by atoms with Gasteiger partial charge in [-0.05, 0) is 25.8 Å². The summed E-state index contributed by atoms with van der Waals surface area (Å²) >= 11 is 0. The molecule has 0 bridgehead atoms. The quantitative estimate of drug-likeness (QED) is 0.776. The van der Waals surface area contributed by atoms with E-state index in [2.05, 4.69) is 0 Å². The number of carbonyl (C=O) groups is 1. The smallest absolute Gasteiger partial charge is 0.256 e. The van der Waals surface area contributed by atoms with Crippen molar-refractivity contribution in [2.45, 2.75) is 19.8 Å². The minimum absolute atomic E-state index is 0.0603. The molecule has 0 radical (unpaired) electrons. The van der Waals surface area contributed by atoms with Crippen LogP contribution in [0.2, 0.25) is 0 Å². The van der Waals surface area contributed by atoms with Gasteiger partial charge in [0.1, 0.15) is 0 Å². The molecule has 0 N–H and O–H groups in total.